The summed E-state index contributed by atoms with van der Waals surface area (Å²) in [6, 6.07) is 46.6. The molecule has 3 N–H and O–H groups in total. The van der Waals surface area contributed by atoms with Gasteiger partial charge in [0, 0.05) is 55.3 Å². The number of carbonyl (C=O) groups excluding carboxylic acids is 2. The quantitative estimate of drug-likeness (QED) is 0.0478. The van der Waals surface area contributed by atoms with E-state index in [0.717, 1.165) is 38.0 Å². The number of rotatable bonds is 16. The van der Waals surface area contributed by atoms with E-state index >= 15 is 0 Å². The minimum Gasteiger partial charge on any atom is -0.390 e. The van der Waals surface area contributed by atoms with Crippen LogP contribution in [-0.4, -0.2) is 147 Å². The first-order chi connectivity index (χ1) is 42.4. The van der Waals surface area contributed by atoms with Gasteiger partial charge in [-0.25, -0.2) is 14.1 Å². The van der Waals surface area contributed by atoms with Crippen molar-refractivity contribution in [2.24, 2.45) is 5.92 Å². The van der Waals surface area contributed by atoms with E-state index in [1.807, 2.05) is 0 Å². The van der Waals surface area contributed by atoms with E-state index in [4.69, 9.17) is 34.3 Å². The summed E-state index contributed by atoms with van der Waals surface area (Å²) in [5.41, 5.74) is -0.0593. The lowest BCUT2D eigenvalue weighted by Crippen LogP contribution is -2.58. The first-order valence-electron chi connectivity index (χ1n) is 30.7. The highest BCUT2D eigenvalue weighted by Gasteiger charge is 2.53. The molecule has 1 aromatic heterocycles. The van der Waals surface area contributed by atoms with Gasteiger partial charge in [0.05, 0.1) is 36.4 Å². The summed E-state index contributed by atoms with van der Waals surface area (Å²) in [7, 11) is -11.1. The first-order valence-corrected chi connectivity index (χ1v) is 44.7. The average molecular weight is 1340 g/mol. The molecule has 3 unspecified atom stereocenters. The molecule has 7 aliphatic rings. The molecule has 4 aromatic carbocycles. The summed E-state index contributed by atoms with van der Waals surface area (Å²) in [5.74, 6) is 1.84. The highest BCUT2D eigenvalue weighted by Crippen LogP contribution is 2.60. The largest absolute Gasteiger partial charge is 0.390 e. The lowest BCUT2D eigenvalue weighted by atomic mass is 9.93. The molecule has 6 fully saturated rings. The van der Waals surface area contributed by atoms with E-state index in [9.17, 15) is 33.4 Å². The van der Waals surface area contributed by atoms with Gasteiger partial charge in [-0.2, -0.15) is 0 Å². The number of halogens is 1. The molecule has 2 amide bonds. The van der Waals surface area contributed by atoms with Gasteiger partial charge in [-0.15, -0.1) is 0 Å². The van der Waals surface area contributed by atoms with Gasteiger partial charge in [0.15, 0.2) is 0 Å². The van der Waals surface area contributed by atoms with Crippen molar-refractivity contribution in [2.75, 3.05) is 39.7 Å². The second-order valence-corrected chi connectivity index (χ2v) is 43.9. The number of hydrogen-bond donors (Lipinski definition) is 3. The van der Waals surface area contributed by atoms with Crippen molar-refractivity contribution in [3.8, 4) is 0 Å². The molecule has 0 spiro atoms. The third-order valence-corrected chi connectivity index (χ3v) is 32.7. The number of imide groups is 1. The number of carbonyl (C=O) groups is 2. The molecule has 5 aromatic rings. The fourth-order valence-corrected chi connectivity index (χ4v) is 26.5. The number of nitrogens with one attached hydrogen (secondary N) is 2. The number of H-pyrrole nitrogens is 1. The number of aromatic amines is 1. The lowest BCUT2D eigenvalue weighted by molar-refractivity contribution is -0.134. The Balaban J connectivity index is 0.000000163. The summed E-state index contributed by atoms with van der Waals surface area (Å²) in [6.07, 6.45) is 8.72. The van der Waals surface area contributed by atoms with Crippen molar-refractivity contribution in [2.45, 2.75) is 139 Å². The zero-order valence-electron chi connectivity index (χ0n) is 51.9. The standard InChI is InChI=1S/C32H41N3O6P2Si.C19H23ClNOPSi.C14H20NO5P/c1-23-21-34(32(37)33-31(23)36)30-20-28(27(39-30)17-19-43(2,3)38)40-42-35-18-11-16-26(35)29(41-42)22-44(4,24-12-7-5-8-13-24)25-14-9-6-10-15-25;1-24(16-9-4-2-5-10-16,17-11-6-3-7-12-17)15-19-18-13-8-14-21(18)23(20)22-19;1-8-6-9(14(18)15-13(8)17)12-7-10(16)11(20-12)4-5-21(2,3)19/h5-10,12-15,17,19,21,26-30H,11,16,18,20,22H2,1-4H3,(H,33,36,37);2-7,9-12,18-19H,8,13-15H2,1H3;4-6,9-12,16H,7H2,1-3H3,(H,15,17,18)/b19-17+;;5-4+/t26-,27+,28+,29+,30+,42?;18-,19+,23?;9?,10-,11-,12-/m001/s1. The number of amides is 2. The van der Waals surface area contributed by atoms with Crippen molar-refractivity contribution in [1.82, 2.24) is 24.2 Å². The van der Waals surface area contributed by atoms with E-state index in [2.05, 4.69) is 154 Å². The maximum Gasteiger partial charge on any atom is 0.330 e. The van der Waals surface area contributed by atoms with Gasteiger partial charge in [-0.3, -0.25) is 29.3 Å². The van der Waals surface area contributed by atoms with Gasteiger partial charge < -0.3 is 37.3 Å². The van der Waals surface area contributed by atoms with Crippen molar-refractivity contribution < 1.29 is 46.9 Å². The summed E-state index contributed by atoms with van der Waals surface area (Å²) in [6.45, 7) is 16.9. The molecule has 8 heterocycles. The van der Waals surface area contributed by atoms with Gasteiger partial charge >= 0.3 is 5.69 Å². The van der Waals surface area contributed by atoms with Gasteiger partial charge in [0.25, 0.3) is 20.0 Å². The van der Waals surface area contributed by atoms with Crippen molar-refractivity contribution in [3.63, 3.8) is 0 Å². The molecular formula is C65H84ClN5O12P4Si2. The number of aliphatic hydroxyl groups is 1. The SMILES string of the molecule is CC1=CC([C@H]2C[C@@H](O)[C@@H](/C=C/P(C)(C)=O)O2)C(=O)NC1=O.C[Si](C[C@H]1OP(Cl)N2CCC[C@@H]12)(c1ccccc1)c1ccccc1.Cc1cn([C@H]2C[C@@H](OP3O[C@H](C[Si](C)(c4ccccc4)c4ccccc4)[C@@H]4CCCN43)[C@@H](/C=C/P(C)(C)=O)O2)c(=O)[nH]c1=O. The topological polar surface area (TPSA) is 208 Å². The number of benzene rings is 4. The van der Waals surface area contributed by atoms with Crippen LogP contribution in [0.2, 0.25) is 25.2 Å². The average Bonchev–Trinajstić information content (AvgIpc) is 2.45. The number of fused-ring (bicyclic) bond motifs is 2. The Hall–Kier alpha value is -4.36. The maximum absolute atomic E-state index is 12.7. The molecule has 89 heavy (non-hydrogen) atoms. The second-order valence-electron chi connectivity index (χ2n) is 25.6. The Labute approximate surface area is 532 Å². The monoisotopic (exact) mass is 1340 g/mol. The van der Waals surface area contributed by atoms with E-state index in [-0.39, 0.29) is 18.2 Å². The number of hydrogen-bond acceptors (Lipinski definition) is 14. The molecule has 13 atom stereocenters. The zero-order chi connectivity index (χ0) is 63.4. The normalized spacial score (nSPS) is 29.1. The lowest BCUT2D eigenvalue weighted by Gasteiger charge is -2.32. The van der Waals surface area contributed by atoms with Crippen LogP contribution < -0.4 is 37.3 Å². The smallest absolute Gasteiger partial charge is 0.330 e. The minimum atomic E-state index is -2.47. The van der Waals surface area contributed by atoms with Gasteiger partial charge in [0.2, 0.25) is 13.6 Å². The predicted molar refractivity (Wildman–Crippen MR) is 362 cm³/mol. The first kappa shape index (κ1) is 67.5. The molecule has 24 heteroatoms. The van der Waals surface area contributed by atoms with Gasteiger partial charge in [0.1, 0.15) is 48.9 Å². The van der Waals surface area contributed by atoms with Crippen LogP contribution in [0, 0.1) is 12.8 Å². The predicted octanol–water partition coefficient (Wildman–Crippen LogP) is 9.71. The van der Waals surface area contributed by atoms with Crippen LogP contribution in [0.15, 0.2) is 173 Å². The van der Waals surface area contributed by atoms with Crippen molar-refractivity contribution in [1.29, 1.82) is 0 Å². The Kier molecular flexibility index (Phi) is 21.9. The number of ether oxygens (including phenoxy) is 2. The Morgan fingerprint density at radius 3 is 1.69 bits per heavy atom. The highest BCUT2D eigenvalue weighted by molar-refractivity contribution is 7.78. The van der Waals surface area contributed by atoms with Crippen LogP contribution in [0.4, 0.5) is 0 Å². The third-order valence-electron chi connectivity index (χ3n) is 18.1. The fourth-order valence-electron chi connectivity index (χ4n) is 13.2. The molecule has 7 aliphatic heterocycles. The maximum atomic E-state index is 12.7. The van der Waals surface area contributed by atoms with Crippen LogP contribution in [0.25, 0.3) is 0 Å². The Morgan fingerprint density at radius 2 is 1.17 bits per heavy atom. The molecular weight excluding hydrogens is 1260 g/mol. The highest BCUT2D eigenvalue weighted by atomic mass is 35.7. The summed E-state index contributed by atoms with van der Waals surface area (Å²) >= 11 is 6.51. The van der Waals surface area contributed by atoms with E-state index in [1.54, 1.807) is 70.4 Å². The molecule has 476 valence electrons. The van der Waals surface area contributed by atoms with Crippen LogP contribution >= 0.6 is 41.7 Å². The summed E-state index contributed by atoms with van der Waals surface area (Å²) < 4.78 is 62.4. The molecule has 0 aliphatic carbocycles. The van der Waals surface area contributed by atoms with Crippen LogP contribution in [-0.2, 0) is 41.8 Å². The summed E-state index contributed by atoms with van der Waals surface area (Å²) in [4.78, 5) is 50.3. The van der Waals surface area contributed by atoms with Crippen LogP contribution in [0.3, 0.4) is 0 Å². The number of aromatic nitrogens is 2. The third kappa shape index (κ3) is 16.2. The van der Waals surface area contributed by atoms with Crippen molar-refractivity contribution >= 4 is 90.4 Å². The Morgan fingerprint density at radius 1 is 0.685 bits per heavy atom. The Bertz CT molecular complexity index is 3520. The molecule has 0 saturated carbocycles. The molecule has 6 saturated heterocycles. The van der Waals surface area contributed by atoms with E-state index < -0.39 is 112 Å². The summed E-state index contributed by atoms with van der Waals surface area (Å²) in [5, 5.41) is 18.0. The van der Waals surface area contributed by atoms with Crippen LogP contribution in [0.1, 0.15) is 57.2 Å². The van der Waals surface area contributed by atoms with Gasteiger partial charge in [-0.1, -0.05) is 161 Å². The van der Waals surface area contributed by atoms with Crippen LogP contribution in [0.5, 0.6) is 0 Å². The van der Waals surface area contributed by atoms with Crippen molar-refractivity contribution in [3.05, 3.63) is 189 Å². The number of aliphatic hydroxyl groups excluding tert-OH is 1. The fraction of sp³-hybridized carbons (Fsp3) is 0.446. The van der Waals surface area contributed by atoms with E-state index in [0.29, 0.717) is 30.0 Å². The van der Waals surface area contributed by atoms with E-state index in [1.165, 1.54) is 44.4 Å². The number of nitrogens with zero attached hydrogens (tertiary/aromatic N) is 3. The minimum absolute atomic E-state index is 0.0313. The second kappa shape index (κ2) is 28.9. The number of aryl methyl sites for hydroxylation is 1. The molecule has 12 rings (SSSR count). The van der Waals surface area contributed by atoms with Gasteiger partial charge in [-0.05, 0) is 113 Å². The molecule has 0 radical (unpaired) electrons. The zero-order valence-corrected chi connectivity index (χ0v) is 58.2. The molecule has 17 nitrogen and oxygen atoms in total. The molecule has 0 bridgehead atoms.